The summed E-state index contributed by atoms with van der Waals surface area (Å²) < 4.78 is 45.3. The van der Waals surface area contributed by atoms with Crippen molar-refractivity contribution < 1.29 is 17.9 Å². The zero-order valence-corrected chi connectivity index (χ0v) is 11.5. The van der Waals surface area contributed by atoms with E-state index in [-0.39, 0.29) is 24.0 Å². The van der Waals surface area contributed by atoms with Gasteiger partial charge in [-0.05, 0) is 17.7 Å². The molecular weight excluding hydrogens is 301 g/mol. The molecule has 6 nitrogen and oxygen atoms in total. The number of pyridine rings is 1. The van der Waals surface area contributed by atoms with Crippen LogP contribution in [-0.4, -0.2) is 18.2 Å². The Hall–Kier alpha value is -2.67. The van der Waals surface area contributed by atoms with Gasteiger partial charge in [0.2, 0.25) is 0 Å². The normalized spacial score (nSPS) is 11.3. The SMILES string of the molecule is COc1ccc2c(C(F)(F)F)cc(=O)n(CCN=[N+]=[N-])c2c1. The molecule has 0 bridgehead atoms. The number of fused-ring (bicyclic) bond motifs is 1. The lowest BCUT2D eigenvalue weighted by atomic mass is 10.1. The molecule has 0 radical (unpaired) electrons. The lowest BCUT2D eigenvalue weighted by molar-refractivity contribution is -0.136. The topological polar surface area (TPSA) is 80.0 Å². The van der Waals surface area contributed by atoms with Gasteiger partial charge in [0.25, 0.3) is 5.56 Å². The largest absolute Gasteiger partial charge is 0.497 e. The third kappa shape index (κ3) is 2.99. The summed E-state index contributed by atoms with van der Waals surface area (Å²) in [6, 6.07) is 4.53. The molecule has 116 valence electrons. The highest BCUT2D eigenvalue weighted by Gasteiger charge is 2.33. The standard InChI is InChI=1S/C13H11F3N4O2/c1-22-8-2-3-9-10(13(14,15)16)7-12(21)20(11(9)6-8)5-4-18-19-17/h2-3,6-7H,4-5H2,1H3. The van der Waals surface area contributed by atoms with Gasteiger partial charge in [-0.2, -0.15) is 13.2 Å². The van der Waals surface area contributed by atoms with Gasteiger partial charge in [-0.1, -0.05) is 5.11 Å². The number of rotatable bonds is 4. The van der Waals surface area contributed by atoms with Crippen molar-refractivity contribution in [1.82, 2.24) is 4.57 Å². The summed E-state index contributed by atoms with van der Waals surface area (Å²) in [6.45, 7) is -0.0707. The predicted octanol–water partition coefficient (Wildman–Crippen LogP) is 3.34. The van der Waals surface area contributed by atoms with Gasteiger partial charge in [0.15, 0.2) is 0 Å². The molecule has 0 saturated heterocycles. The van der Waals surface area contributed by atoms with Crippen molar-refractivity contribution in [1.29, 1.82) is 0 Å². The fourth-order valence-electron chi connectivity index (χ4n) is 2.14. The van der Waals surface area contributed by atoms with E-state index in [0.29, 0.717) is 11.8 Å². The predicted molar refractivity (Wildman–Crippen MR) is 73.8 cm³/mol. The molecule has 0 aliphatic carbocycles. The van der Waals surface area contributed by atoms with Gasteiger partial charge < -0.3 is 9.30 Å². The number of ether oxygens (including phenoxy) is 1. The van der Waals surface area contributed by atoms with E-state index in [1.54, 1.807) is 0 Å². The van der Waals surface area contributed by atoms with E-state index in [1.807, 2.05) is 0 Å². The molecule has 0 saturated carbocycles. The number of benzene rings is 1. The number of nitrogens with zero attached hydrogens (tertiary/aromatic N) is 4. The number of azide groups is 1. The molecule has 22 heavy (non-hydrogen) atoms. The van der Waals surface area contributed by atoms with Crippen LogP contribution in [0.1, 0.15) is 5.56 Å². The first-order valence-electron chi connectivity index (χ1n) is 6.18. The molecule has 0 N–H and O–H groups in total. The van der Waals surface area contributed by atoms with Crippen LogP contribution in [0.2, 0.25) is 0 Å². The van der Waals surface area contributed by atoms with Crippen molar-refractivity contribution in [3.8, 4) is 5.75 Å². The van der Waals surface area contributed by atoms with Gasteiger partial charge in [-0.3, -0.25) is 4.79 Å². The van der Waals surface area contributed by atoms with Crippen molar-refractivity contribution in [3.63, 3.8) is 0 Å². The smallest absolute Gasteiger partial charge is 0.417 e. The van der Waals surface area contributed by atoms with Gasteiger partial charge in [-0.15, -0.1) is 0 Å². The van der Waals surface area contributed by atoms with Crippen molar-refractivity contribution in [2.45, 2.75) is 12.7 Å². The van der Waals surface area contributed by atoms with Crippen LogP contribution in [0.25, 0.3) is 21.3 Å². The average molecular weight is 312 g/mol. The molecule has 0 atom stereocenters. The zero-order chi connectivity index (χ0) is 16.3. The van der Waals surface area contributed by atoms with E-state index in [2.05, 4.69) is 10.0 Å². The molecule has 1 heterocycles. The lowest BCUT2D eigenvalue weighted by Gasteiger charge is -2.15. The van der Waals surface area contributed by atoms with E-state index in [9.17, 15) is 18.0 Å². The van der Waals surface area contributed by atoms with Crippen LogP contribution in [0.5, 0.6) is 5.75 Å². The Morgan fingerprint density at radius 2 is 2.09 bits per heavy atom. The summed E-state index contributed by atoms with van der Waals surface area (Å²) in [6.07, 6.45) is -4.64. The molecule has 9 heteroatoms. The number of halogens is 3. The highest BCUT2D eigenvalue weighted by atomic mass is 19.4. The average Bonchev–Trinajstić information content (AvgIpc) is 2.47. The maximum Gasteiger partial charge on any atom is 0.417 e. The van der Waals surface area contributed by atoms with E-state index in [1.165, 1.54) is 25.3 Å². The molecule has 0 aliphatic rings. The molecule has 2 aromatic rings. The summed E-state index contributed by atoms with van der Waals surface area (Å²) in [4.78, 5) is 14.5. The Morgan fingerprint density at radius 3 is 2.68 bits per heavy atom. The van der Waals surface area contributed by atoms with Crippen molar-refractivity contribution in [2.75, 3.05) is 13.7 Å². The van der Waals surface area contributed by atoms with Crippen molar-refractivity contribution >= 4 is 10.9 Å². The highest BCUT2D eigenvalue weighted by Crippen LogP contribution is 2.34. The minimum atomic E-state index is -4.64. The Bertz CT molecular complexity index is 807. The number of hydrogen-bond donors (Lipinski definition) is 0. The van der Waals surface area contributed by atoms with Crippen molar-refractivity contribution in [2.24, 2.45) is 5.11 Å². The van der Waals surface area contributed by atoms with Crippen LogP contribution in [0.3, 0.4) is 0 Å². The maximum absolute atomic E-state index is 13.1. The lowest BCUT2D eigenvalue weighted by Crippen LogP contribution is -2.24. The Kier molecular flexibility index (Phi) is 4.27. The first-order chi connectivity index (χ1) is 10.4. The molecule has 0 unspecified atom stereocenters. The van der Waals surface area contributed by atoms with E-state index >= 15 is 0 Å². The van der Waals surface area contributed by atoms with Gasteiger partial charge in [0, 0.05) is 35.5 Å². The monoisotopic (exact) mass is 312 g/mol. The van der Waals surface area contributed by atoms with Crippen LogP contribution in [-0.2, 0) is 12.7 Å². The summed E-state index contributed by atoms with van der Waals surface area (Å²) in [7, 11) is 1.37. The van der Waals surface area contributed by atoms with E-state index < -0.39 is 17.3 Å². The molecule has 0 spiro atoms. The van der Waals surface area contributed by atoms with Crippen molar-refractivity contribution in [3.05, 3.63) is 50.6 Å². The van der Waals surface area contributed by atoms with Crippen LogP contribution in [0, 0.1) is 0 Å². The van der Waals surface area contributed by atoms with E-state index in [4.69, 9.17) is 10.3 Å². The molecule has 0 aliphatic heterocycles. The second-order valence-electron chi connectivity index (χ2n) is 4.38. The van der Waals surface area contributed by atoms with Crippen LogP contribution in [0.15, 0.2) is 34.2 Å². The van der Waals surface area contributed by atoms with Crippen LogP contribution < -0.4 is 10.3 Å². The number of hydrogen-bond acceptors (Lipinski definition) is 3. The number of alkyl halides is 3. The number of aromatic nitrogens is 1. The molecule has 0 fully saturated rings. The molecule has 0 amide bonds. The second kappa shape index (κ2) is 5.98. The molecule has 1 aromatic heterocycles. The Balaban J connectivity index is 2.76. The Morgan fingerprint density at radius 1 is 1.36 bits per heavy atom. The quantitative estimate of drug-likeness (QED) is 0.493. The summed E-state index contributed by atoms with van der Waals surface area (Å²) in [5.41, 5.74) is 6.52. The minimum absolute atomic E-state index is 0.0231. The first-order valence-corrected chi connectivity index (χ1v) is 6.18. The van der Waals surface area contributed by atoms with Gasteiger partial charge in [0.05, 0.1) is 18.2 Å². The second-order valence-corrected chi connectivity index (χ2v) is 4.38. The summed E-state index contributed by atoms with van der Waals surface area (Å²) in [5.74, 6) is 0.323. The molecular formula is C13H11F3N4O2. The zero-order valence-electron chi connectivity index (χ0n) is 11.5. The van der Waals surface area contributed by atoms with Crippen LogP contribution in [0.4, 0.5) is 13.2 Å². The minimum Gasteiger partial charge on any atom is -0.497 e. The molecule has 1 aromatic carbocycles. The maximum atomic E-state index is 13.1. The van der Waals surface area contributed by atoms with Gasteiger partial charge in [-0.25, -0.2) is 0 Å². The fourth-order valence-corrected chi connectivity index (χ4v) is 2.14. The highest BCUT2D eigenvalue weighted by molar-refractivity contribution is 5.84. The number of methoxy groups -OCH3 is 1. The first kappa shape index (κ1) is 15.7. The van der Waals surface area contributed by atoms with Gasteiger partial charge in [0.1, 0.15) is 5.75 Å². The third-order valence-corrected chi connectivity index (χ3v) is 3.11. The molecule has 2 rings (SSSR count). The van der Waals surface area contributed by atoms with Gasteiger partial charge >= 0.3 is 6.18 Å². The van der Waals surface area contributed by atoms with E-state index in [0.717, 1.165) is 4.57 Å². The summed E-state index contributed by atoms with van der Waals surface area (Å²) >= 11 is 0. The fraction of sp³-hybridized carbons (Fsp3) is 0.308. The third-order valence-electron chi connectivity index (χ3n) is 3.11. The van der Waals surface area contributed by atoms with Crippen LogP contribution >= 0.6 is 0 Å². The Labute approximate surface area is 122 Å². The summed E-state index contributed by atoms with van der Waals surface area (Å²) in [5, 5.41) is 3.18.